The van der Waals surface area contributed by atoms with E-state index in [-0.39, 0.29) is 12.3 Å². The maximum Gasteiger partial charge on any atom is 0.235 e. The molecule has 0 saturated heterocycles. The van der Waals surface area contributed by atoms with E-state index in [4.69, 9.17) is 0 Å². The first kappa shape index (κ1) is 14.9. The molecule has 0 atom stereocenters. The van der Waals surface area contributed by atoms with Crippen molar-refractivity contribution >= 4 is 11.6 Å². The van der Waals surface area contributed by atoms with Crippen LogP contribution in [0.1, 0.15) is 11.4 Å². The Morgan fingerprint density at radius 2 is 1.70 bits per heavy atom. The average Bonchev–Trinajstić information content (AvgIpc) is 2.99. The van der Waals surface area contributed by atoms with Gasteiger partial charge in [0.1, 0.15) is 0 Å². The molecule has 3 aromatic rings. The number of carbonyl (C=O) groups excluding carboxylic acids is 1. The number of carbonyl (C=O) groups is 1. The maximum absolute atomic E-state index is 12.8. The van der Waals surface area contributed by atoms with Gasteiger partial charge in [0.05, 0.1) is 13.0 Å². The summed E-state index contributed by atoms with van der Waals surface area (Å²) >= 11 is 0. The Balaban J connectivity index is 1.85. The fraction of sp³-hybridized carbons (Fsp3) is 0.176. The second-order valence-corrected chi connectivity index (χ2v) is 5.20. The predicted molar refractivity (Wildman–Crippen MR) is 86.6 cm³/mol. The zero-order chi connectivity index (χ0) is 16.1. The van der Waals surface area contributed by atoms with Crippen molar-refractivity contribution in [2.45, 2.75) is 13.0 Å². The Hall–Kier alpha value is -3.02. The molecule has 23 heavy (non-hydrogen) atoms. The van der Waals surface area contributed by atoms with Crippen molar-refractivity contribution in [3.8, 4) is 0 Å². The van der Waals surface area contributed by atoms with Gasteiger partial charge in [-0.15, -0.1) is 5.10 Å². The second kappa shape index (κ2) is 6.83. The number of hydrogen-bond donors (Lipinski definition) is 0. The van der Waals surface area contributed by atoms with Gasteiger partial charge in [-0.1, -0.05) is 48.5 Å². The Kier molecular flexibility index (Phi) is 4.42. The molecule has 1 heterocycles. The summed E-state index contributed by atoms with van der Waals surface area (Å²) in [6.45, 7) is 0.509. The molecule has 0 fully saturated rings. The Morgan fingerprint density at radius 1 is 1.04 bits per heavy atom. The number of aromatic nitrogens is 4. The minimum Gasteiger partial charge on any atom is -0.308 e. The number of anilines is 1. The van der Waals surface area contributed by atoms with Gasteiger partial charge in [-0.2, -0.15) is 0 Å². The van der Waals surface area contributed by atoms with Crippen molar-refractivity contribution in [1.29, 1.82) is 0 Å². The molecular formula is C17H17N5O. The van der Waals surface area contributed by atoms with Crippen LogP contribution in [-0.4, -0.2) is 26.1 Å². The normalized spacial score (nSPS) is 10.5. The first-order chi connectivity index (χ1) is 11.2. The highest BCUT2D eigenvalue weighted by Gasteiger charge is 2.19. The Morgan fingerprint density at radius 3 is 2.30 bits per heavy atom. The minimum absolute atomic E-state index is 0.0436. The summed E-state index contributed by atoms with van der Waals surface area (Å²) in [5.41, 5.74) is 1.93. The lowest BCUT2D eigenvalue weighted by atomic mass is 10.2. The number of amides is 1. The third kappa shape index (κ3) is 3.60. The van der Waals surface area contributed by atoms with Crippen LogP contribution in [0.3, 0.4) is 0 Å². The van der Waals surface area contributed by atoms with E-state index in [2.05, 4.69) is 15.5 Å². The molecule has 6 nitrogen and oxygen atoms in total. The SMILES string of the molecule is Cn1nnnc1CC(=O)N(Cc1ccccc1)c1ccccc1. The second-order valence-electron chi connectivity index (χ2n) is 5.20. The fourth-order valence-corrected chi connectivity index (χ4v) is 2.33. The third-order valence-electron chi connectivity index (χ3n) is 3.57. The topological polar surface area (TPSA) is 63.9 Å². The standard InChI is InChI=1S/C17H17N5O/c1-21-16(18-19-20-21)12-17(23)22(15-10-6-3-7-11-15)13-14-8-4-2-5-9-14/h2-11H,12-13H2,1H3. The number of para-hydroxylation sites is 1. The van der Waals surface area contributed by atoms with Crippen LogP contribution in [-0.2, 0) is 24.8 Å². The quantitative estimate of drug-likeness (QED) is 0.723. The molecule has 0 bridgehead atoms. The largest absolute Gasteiger partial charge is 0.308 e. The summed E-state index contributed by atoms with van der Waals surface area (Å²) in [5.74, 6) is 0.502. The van der Waals surface area contributed by atoms with Crippen molar-refractivity contribution in [1.82, 2.24) is 20.2 Å². The Bertz CT molecular complexity index is 770. The van der Waals surface area contributed by atoms with Crippen molar-refractivity contribution in [3.63, 3.8) is 0 Å². The zero-order valence-electron chi connectivity index (χ0n) is 12.8. The van der Waals surface area contributed by atoms with Crippen molar-refractivity contribution in [2.75, 3.05) is 4.90 Å². The van der Waals surface area contributed by atoms with Crippen LogP contribution < -0.4 is 4.90 Å². The molecule has 0 aliphatic carbocycles. The van der Waals surface area contributed by atoms with Crippen molar-refractivity contribution in [3.05, 3.63) is 72.1 Å². The summed E-state index contributed by atoms with van der Waals surface area (Å²) in [5, 5.41) is 11.2. The lowest BCUT2D eigenvalue weighted by Crippen LogP contribution is -2.32. The first-order valence-electron chi connectivity index (χ1n) is 7.34. The van der Waals surface area contributed by atoms with Gasteiger partial charge in [-0.25, -0.2) is 4.68 Å². The van der Waals surface area contributed by atoms with E-state index >= 15 is 0 Å². The van der Waals surface area contributed by atoms with Gasteiger partial charge in [-0.05, 0) is 28.1 Å². The smallest absolute Gasteiger partial charge is 0.235 e. The zero-order valence-corrected chi connectivity index (χ0v) is 12.8. The number of benzene rings is 2. The first-order valence-corrected chi connectivity index (χ1v) is 7.34. The highest BCUT2D eigenvalue weighted by Crippen LogP contribution is 2.18. The lowest BCUT2D eigenvalue weighted by Gasteiger charge is -2.23. The number of tetrazole rings is 1. The third-order valence-corrected chi connectivity index (χ3v) is 3.57. The van der Waals surface area contributed by atoms with E-state index in [0.717, 1.165) is 11.3 Å². The van der Waals surface area contributed by atoms with Crippen LogP contribution >= 0.6 is 0 Å². The van der Waals surface area contributed by atoms with Gasteiger partial charge in [0.2, 0.25) is 5.91 Å². The number of hydrogen-bond acceptors (Lipinski definition) is 4. The van der Waals surface area contributed by atoms with Crippen LogP contribution in [0.25, 0.3) is 0 Å². The molecular weight excluding hydrogens is 290 g/mol. The van der Waals surface area contributed by atoms with Crippen LogP contribution in [0.15, 0.2) is 60.7 Å². The lowest BCUT2D eigenvalue weighted by molar-refractivity contribution is -0.118. The van der Waals surface area contributed by atoms with Crippen LogP contribution in [0.4, 0.5) is 5.69 Å². The van der Waals surface area contributed by atoms with E-state index in [1.54, 1.807) is 11.9 Å². The van der Waals surface area contributed by atoms with Crippen LogP contribution in [0.5, 0.6) is 0 Å². The van der Waals surface area contributed by atoms with E-state index in [0.29, 0.717) is 12.4 Å². The monoisotopic (exact) mass is 307 g/mol. The number of nitrogens with zero attached hydrogens (tertiary/aromatic N) is 5. The molecule has 0 aliphatic rings. The van der Waals surface area contributed by atoms with E-state index in [1.165, 1.54) is 4.68 Å². The van der Waals surface area contributed by atoms with Crippen LogP contribution in [0, 0.1) is 0 Å². The molecule has 0 radical (unpaired) electrons. The molecule has 1 aromatic heterocycles. The molecule has 0 N–H and O–H groups in total. The van der Waals surface area contributed by atoms with E-state index in [9.17, 15) is 4.79 Å². The molecule has 1 amide bonds. The fourth-order valence-electron chi connectivity index (χ4n) is 2.33. The van der Waals surface area contributed by atoms with Gasteiger partial charge >= 0.3 is 0 Å². The average molecular weight is 307 g/mol. The number of rotatable bonds is 5. The summed E-state index contributed by atoms with van der Waals surface area (Å²) in [7, 11) is 1.73. The molecule has 116 valence electrons. The highest BCUT2D eigenvalue weighted by molar-refractivity contribution is 5.94. The molecule has 0 saturated carbocycles. The molecule has 6 heteroatoms. The van der Waals surface area contributed by atoms with Gasteiger partial charge in [0, 0.05) is 12.7 Å². The van der Waals surface area contributed by atoms with E-state index in [1.807, 2.05) is 60.7 Å². The summed E-state index contributed by atoms with van der Waals surface area (Å²) in [6.07, 6.45) is 0.158. The van der Waals surface area contributed by atoms with Gasteiger partial charge in [0.25, 0.3) is 0 Å². The highest BCUT2D eigenvalue weighted by atomic mass is 16.2. The molecule has 0 unspecified atom stereocenters. The molecule has 2 aromatic carbocycles. The van der Waals surface area contributed by atoms with Gasteiger partial charge in [-0.3, -0.25) is 4.79 Å². The number of aryl methyl sites for hydroxylation is 1. The summed E-state index contributed by atoms with van der Waals surface area (Å²) < 4.78 is 1.52. The maximum atomic E-state index is 12.8. The molecule has 0 aliphatic heterocycles. The van der Waals surface area contributed by atoms with E-state index < -0.39 is 0 Å². The van der Waals surface area contributed by atoms with Crippen molar-refractivity contribution in [2.24, 2.45) is 7.05 Å². The molecule has 0 spiro atoms. The van der Waals surface area contributed by atoms with Crippen LogP contribution in [0.2, 0.25) is 0 Å². The summed E-state index contributed by atoms with van der Waals surface area (Å²) in [6, 6.07) is 19.5. The Labute approximate surface area is 134 Å². The summed E-state index contributed by atoms with van der Waals surface area (Å²) in [4.78, 5) is 14.5. The van der Waals surface area contributed by atoms with Gasteiger partial charge in [0.15, 0.2) is 5.82 Å². The van der Waals surface area contributed by atoms with Gasteiger partial charge < -0.3 is 4.90 Å². The molecule has 3 rings (SSSR count). The minimum atomic E-state index is -0.0436. The van der Waals surface area contributed by atoms with Crippen molar-refractivity contribution < 1.29 is 4.79 Å². The predicted octanol–water partition coefficient (Wildman–Crippen LogP) is 1.99.